The van der Waals surface area contributed by atoms with Gasteiger partial charge in [0, 0.05) is 23.8 Å². The summed E-state index contributed by atoms with van der Waals surface area (Å²) >= 11 is 6.06. The normalized spacial score (nSPS) is 10.5. The van der Waals surface area contributed by atoms with Crippen molar-refractivity contribution in [3.05, 3.63) is 35.0 Å². The van der Waals surface area contributed by atoms with Gasteiger partial charge in [-0.2, -0.15) is 5.10 Å². The first kappa shape index (κ1) is 11.0. The summed E-state index contributed by atoms with van der Waals surface area (Å²) in [5.41, 5.74) is 2.97. The van der Waals surface area contributed by atoms with Gasteiger partial charge in [-0.3, -0.25) is 4.68 Å². The molecular formula is C12H13ClN2O. The molecule has 4 heteroatoms. The lowest BCUT2D eigenvalue weighted by Gasteiger charge is -2.12. The lowest BCUT2D eigenvalue weighted by molar-refractivity contribution is 0.413. The molecule has 1 aromatic carbocycles. The van der Waals surface area contributed by atoms with E-state index >= 15 is 0 Å². The van der Waals surface area contributed by atoms with Crippen LogP contribution in [0.3, 0.4) is 0 Å². The first-order valence-electron chi connectivity index (χ1n) is 4.96. The van der Waals surface area contributed by atoms with Gasteiger partial charge in [0.2, 0.25) is 0 Å². The molecule has 2 aromatic rings. The summed E-state index contributed by atoms with van der Waals surface area (Å²) in [5, 5.41) is 4.85. The maximum absolute atomic E-state index is 6.06. The van der Waals surface area contributed by atoms with Gasteiger partial charge in [0.05, 0.1) is 12.8 Å². The average molecular weight is 237 g/mol. The summed E-state index contributed by atoms with van der Waals surface area (Å²) in [6.07, 6.45) is 1.75. The first-order chi connectivity index (χ1) is 7.63. The molecule has 0 amide bonds. The van der Waals surface area contributed by atoms with Crippen molar-refractivity contribution in [3.8, 4) is 17.0 Å². The maximum atomic E-state index is 6.06. The van der Waals surface area contributed by atoms with Crippen LogP contribution in [0.2, 0.25) is 5.02 Å². The van der Waals surface area contributed by atoms with Crippen molar-refractivity contribution < 1.29 is 4.74 Å². The molecule has 0 bridgehead atoms. The Bertz CT molecular complexity index is 520. The number of nitrogens with zero attached hydrogens (tertiary/aromatic N) is 2. The van der Waals surface area contributed by atoms with Crippen LogP contribution in [0.25, 0.3) is 11.3 Å². The molecule has 0 N–H and O–H groups in total. The van der Waals surface area contributed by atoms with E-state index in [1.807, 2.05) is 32.2 Å². The van der Waals surface area contributed by atoms with E-state index in [0.29, 0.717) is 5.02 Å². The number of aromatic nitrogens is 2. The second kappa shape index (κ2) is 4.18. The Hall–Kier alpha value is -1.48. The smallest absolute Gasteiger partial charge is 0.131 e. The van der Waals surface area contributed by atoms with E-state index in [1.54, 1.807) is 18.0 Å². The van der Waals surface area contributed by atoms with Crippen LogP contribution in [0, 0.1) is 6.92 Å². The minimum atomic E-state index is 0.703. The molecule has 1 aromatic heterocycles. The topological polar surface area (TPSA) is 27.1 Å². The molecule has 0 aliphatic rings. The molecule has 0 aliphatic heterocycles. The summed E-state index contributed by atoms with van der Waals surface area (Å²) in [4.78, 5) is 0. The highest BCUT2D eigenvalue weighted by molar-refractivity contribution is 6.31. The standard InChI is InChI=1S/C12H13ClN2O/c1-8-6-9(13)7-10(12(8)16-3)11-4-5-14-15(11)2/h4-7H,1-3H3. The fraction of sp³-hybridized carbons (Fsp3) is 0.250. The summed E-state index contributed by atoms with van der Waals surface area (Å²) in [7, 11) is 3.56. The summed E-state index contributed by atoms with van der Waals surface area (Å²) in [6.45, 7) is 1.98. The Kier molecular flexibility index (Phi) is 2.88. The highest BCUT2D eigenvalue weighted by atomic mass is 35.5. The summed E-state index contributed by atoms with van der Waals surface area (Å²) in [5.74, 6) is 0.841. The fourth-order valence-electron chi connectivity index (χ4n) is 1.83. The van der Waals surface area contributed by atoms with Gasteiger partial charge in [-0.1, -0.05) is 11.6 Å². The number of rotatable bonds is 2. The SMILES string of the molecule is COc1c(C)cc(Cl)cc1-c1ccnn1C. The largest absolute Gasteiger partial charge is 0.496 e. The molecule has 2 rings (SSSR count). The molecule has 0 saturated heterocycles. The summed E-state index contributed by atoms with van der Waals surface area (Å²) < 4.78 is 7.21. The van der Waals surface area contributed by atoms with Crippen molar-refractivity contribution in [3.63, 3.8) is 0 Å². The van der Waals surface area contributed by atoms with E-state index in [-0.39, 0.29) is 0 Å². The summed E-state index contributed by atoms with van der Waals surface area (Å²) in [6, 6.07) is 5.72. The number of hydrogen-bond acceptors (Lipinski definition) is 2. The number of hydrogen-bond donors (Lipinski definition) is 0. The Morgan fingerprint density at radius 2 is 2.12 bits per heavy atom. The molecule has 0 fully saturated rings. The van der Waals surface area contributed by atoms with Crippen LogP contribution in [0.15, 0.2) is 24.4 Å². The quantitative estimate of drug-likeness (QED) is 0.801. The van der Waals surface area contributed by atoms with Crippen LogP contribution in [-0.2, 0) is 7.05 Å². The van der Waals surface area contributed by atoms with Gasteiger partial charge >= 0.3 is 0 Å². The minimum absolute atomic E-state index is 0.703. The lowest BCUT2D eigenvalue weighted by Crippen LogP contribution is -1.97. The molecule has 0 atom stereocenters. The monoisotopic (exact) mass is 236 g/mol. The van der Waals surface area contributed by atoms with Gasteiger partial charge in [0.15, 0.2) is 0 Å². The number of aryl methyl sites for hydroxylation is 2. The first-order valence-corrected chi connectivity index (χ1v) is 5.34. The second-order valence-corrected chi connectivity index (χ2v) is 4.08. The van der Waals surface area contributed by atoms with E-state index < -0.39 is 0 Å². The highest BCUT2D eigenvalue weighted by Crippen LogP contribution is 2.35. The van der Waals surface area contributed by atoms with Gasteiger partial charge in [0.1, 0.15) is 5.75 Å². The molecule has 0 saturated carbocycles. The van der Waals surface area contributed by atoms with Gasteiger partial charge in [-0.05, 0) is 30.7 Å². The molecule has 0 spiro atoms. The molecule has 84 valence electrons. The van der Waals surface area contributed by atoms with Crippen LogP contribution in [-0.4, -0.2) is 16.9 Å². The zero-order valence-corrected chi connectivity index (χ0v) is 10.2. The molecule has 0 radical (unpaired) electrons. The Labute approximate surface area is 99.6 Å². The van der Waals surface area contributed by atoms with E-state index in [1.165, 1.54) is 0 Å². The molecule has 0 aliphatic carbocycles. The third-order valence-electron chi connectivity index (χ3n) is 2.54. The number of ether oxygens (including phenoxy) is 1. The second-order valence-electron chi connectivity index (χ2n) is 3.64. The van der Waals surface area contributed by atoms with Crippen LogP contribution >= 0.6 is 11.6 Å². The molecule has 3 nitrogen and oxygen atoms in total. The van der Waals surface area contributed by atoms with Crippen molar-refractivity contribution in [1.82, 2.24) is 9.78 Å². The number of methoxy groups -OCH3 is 1. The van der Waals surface area contributed by atoms with Crippen LogP contribution in [0.4, 0.5) is 0 Å². The van der Waals surface area contributed by atoms with E-state index in [2.05, 4.69) is 5.10 Å². The van der Waals surface area contributed by atoms with Crippen molar-refractivity contribution in [2.24, 2.45) is 7.05 Å². The van der Waals surface area contributed by atoms with E-state index in [0.717, 1.165) is 22.6 Å². The van der Waals surface area contributed by atoms with Crippen LogP contribution < -0.4 is 4.74 Å². The third-order valence-corrected chi connectivity index (χ3v) is 2.76. The van der Waals surface area contributed by atoms with E-state index in [4.69, 9.17) is 16.3 Å². The Morgan fingerprint density at radius 3 is 2.69 bits per heavy atom. The number of benzene rings is 1. The minimum Gasteiger partial charge on any atom is -0.496 e. The fourth-order valence-corrected chi connectivity index (χ4v) is 2.10. The predicted molar refractivity (Wildman–Crippen MR) is 64.9 cm³/mol. The Morgan fingerprint density at radius 1 is 1.38 bits per heavy atom. The maximum Gasteiger partial charge on any atom is 0.131 e. The highest BCUT2D eigenvalue weighted by Gasteiger charge is 2.12. The van der Waals surface area contributed by atoms with E-state index in [9.17, 15) is 0 Å². The van der Waals surface area contributed by atoms with Gasteiger partial charge in [0.25, 0.3) is 0 Å². The Balaban J connectivity index is 2.68. The van der Waals surface area contributed by atoms with Gasteiger partial charge in [-0.15, -0.1) is 0 Å². The van der Waals surface area contributed by atoms with Crippen molar-refractivity contribution in [2.45, 2.75) is 6.92 Å². The zero-order chi connectivity index (χ0) is 11.7. The van der Waals surface area contributed by atoms with Crippen molar-refractivity contribution in [1.29, 1.82) is 0 Å². The molecule has 0 unspecified atom stereocenters. The average Bonchev–Trinajstić information content (AvgIpc) is 2.63. The lowest BCUT2D eigenvalue weighted by atomic mass is 10.1. The van der Waals surface area contributed by atoms with Crippen LogP contribution in [0.5, 0.6) is 5.75 Å². The molecule has 1 heterocycles. The van der Waals surface area contributed by atoms with Crippen LogP contribution in [0.1, 0.15) is 5.56 Å². The van der Waals surface area contributed by atoms with Gasteiger partial charge in [-0.25, -0.2) is 0 Å². The molecular weight excluding hydrogens is 224 g/mol. The molecule has 16 heavy (non-hydrogen) atoms. The number of halogens is 1. The van der Waals surface area contributed by atoms with Crippen molar-refractivity contribution >= 4 is 11.6 Å². The van der Waals surface area contributed by atoms with Crippen molar-refractivity contribution in [2.75, 3.05) is 7.11 Å². The van der Waals surface area contributed by atoms with Gasteiger partial charge < -0.3 is 4.74 Å². The third kappa shape index (κ3) is 1.78. The predicted octanol–water partition coefficient (Wildman–Crippen LogP) is 3.06. The zero-order valence-electron chi connectivity index (χ0n) is 9.49.